The number of rotatable bonds is 1. The van der Waals surface area contributed by atoms with Crippen molar-refractivity contribution in [2.24, 2.45) is 17.1 Å². The molecule has 1 saturated heterocycles. The minimum atomic E-state index is 0.613. The van der Waals surface area contributed by atoms with Gasteiger partial charge in [0, 0.05) is 6.54 Å². The van der Waals surface area contributed by atoms with Crippen LogP contribution in [0.15, 0.2) is 0 Å². The maximum atomic E-state index is 5.88. The Balaban J connectivity index is 2.10. The summed E-state index contributed by atoms with van der Waals surface area (Å²) in [6, 6.07) is 0. The third-order valence-electron chi connectivity index (χ3n) is 4.19. The van der Waals surface area contributed by atoms with E-state index in [-0.39, 0.29) is 0 Å². The number of nitrogens with zero attached hydrogens (tertiary/aromatic N) is 1. The Hall–Kier alpha value is -0.0800. The molecule has 1 aliphatic heterocycles. The maximum Gasteiger partial charge on any atom is 0.00381 e. The first-order chi connectivity index (χ1) is 6.27. The monoisotopic (exact) mass is 182 g/mol. The van der Waals surface area contributed by atoms with Gasteiger partial charge in [-0.1, -0.05) is 12.8 Å². The van der Waals surface area contributed by atoms with Crippen LogP contribution in [0, 0.1) is 11.3 Å². The largest absolute Gasteiger partial charge is 0.330 e. The van der Waals surface area contributed by atoms with Gasteiger partial charge in [0.25, 0.3) is 0 Å². The highest BCUT2D eigenvalue weighted by Crippen LogP contribution is 2.47. The summed E-state index contributed by atoms with van der Waals surface area (Å²) in [6.45, 7) is 3.46. The number of piperidine rings is 1. The zero-order valence-electron chi connectivity index (χ0n) is 8.76. The average molecular weight is 182 g/mol. The van der Waals surface area contributed by atoms with Gasteiger partial charge in [-0.2, -0.15) is 0 Å². The molecule has 1 atom stereocenters. The second-order valence-corrected chi connectivity index (χ2v) is 5.03. The van der Waals surface area contributed by atoms with Crippen molar-refractivity contribution < 1.29 is 0 Å². The summed E-state index contributed by atoms with van der Waals surface area (Å²) in [5.41, 5.74) is 6.50. The lowest BCUT2D eigenvalue weighted by Crippen LogP contribution is -2.48. The topological polar surface area (TPSA) is 29.3 Å². The van der Waals surface area contributed by atoms with Crippen LogP contribution in [0.5, 0.6) is 0 Å². The van der Waals surface area contributed by atoms with Crippen LogP contribution in [-0.4, -0.2) is 31.6 Å². The van der Waals surface area contributed by atoms with Gasteiger partial charge in [0.15, 0.2) is 0 Å². The van der Waals surface area contributed by atoms with E-state index in [1.165, 1.54) is 45.2 Å². The summed E-state index contributed by atoms with van der Waals surface area (Å²) in [5.74, 6) is 0.811. The van der Waals surface area contributed by atoms with Crippen LogP contribution in [0.4, 0.5) is 0 Å². The smallest absolute Gasteiger partial charge is 0.00381 e. The van der Waals surface area contributed by atoms with Crippen LogP contribution in [0.1, 0.15) is 32.1 Å². The molecular formula is C11H22N2. The third-order valence-corrected chi connectivity index (χ3v) is 4.19. The normalized spacial score (nSPS) is 34.2. The molecule has 2 nitrogen and oxygen atoms in total. The van der Waals surface area contributed by atoms with E-state index < -0.39 is 0 Å². The highest BCUT2D eigenvalue weighted by molar-refractivity contribution is 4.95. The van der Waals surface area contributed by atoms with Crippen molar-refractivity contribution in [3.8, 4) is 0 Å². The Morgan fingerprint density at radius 2 is 2.08 bits per heavy atom. The van der Waals surface area contributed by atoms with Gasteiger partial charge < -0.3 is 10.6 Å². The fourth-order valence-corrected chi connectivity index (χ4v) is 3.44. The number of nitrogens with two attached hydrogens (primary N) is 1. The second kappa shape index (κ2) is 3.58. The predicted molar refractivity (Wildman–Crippen MR) is 55.6 cm³/mol. The quantitative estimate of drug-likeness (QED) is 0.665. The van der Waals surface area contributed by atoms with Crippen molar-refractivity contribution in [2.75, 3.05) is 26.7 Å². The summed E-state index contributed by atoms with van der Waals surface area (Å²) >= 11 is 0. The molecule has 1 saturated carbocycles. The summed E-state index contributed by atoms with van der Waals surface area (Å²) in [6.07, 6.45) is 7.06. The van der Waals surface area contributed by atoms with Gasteiger partial charge in [-0.05, 0) is 50.7 Å². The molecule has 0 aromatic rings. The minimum absolute atomic E-state index is 0.613. The lowest BCUT2D eigenvalue weighted by molar-refractivity contribution is 0.0500. The van der Waals surface area contributed by atoms with E-state index in [2.05, 4.69) is 11.9 Å². The Bertz CT molecular complexity index is 173. The van der Waals surface area contributed by atoms with Gasteiger partial charge in [-0.3, -0.25) is 0 Å². The molecule has 2 aliphatic rings. The summed E-state index contributed by atoms with van der Waals surface area (Å²) in [4.78, 5) is 2.50. The standard InChI is InChI=1S/C11H22N2/c1-13-7-4-10(8-12)11(9-13)5-2-3-6-11/h10H,2-9,12H2,1H3. The molecule has 13 heavy (non-hydrogen) atoms. The van der Waals surface area contributed by atoms with Gasteiger partial charge in [-0.25, -0.2) is 0 Å². The average Bonchev–Trinajstić information content (AvgIpc) is 2.54. The first-order valence-electron chi connectivity index (χ1n) is 5.65. The fraction of sp³-hybridized carbons (Fsp3) is 1.00. The first-order valence-corrected chi connectivity index (χ1v) is 5.65. The molecule has 2 fully saturated rings. The van der Waals surface area contributed by atoms with Crippen molar-refractivity contribution in [3.63, 3.8) is 0 Å². The molecule has 1 spiro atoms. The molecule has 0 aromatic heterocycles. The predicted octanol–water partition coefficient (Wildman–Crippen LogP) is 1.46. The molecule has 0 bridgehead atoms. The zero-order valence-corrected chi connectivity index (χ0v) is 8.76. The van der Waals surface area contributed by atoms with Gasteiger partial charge in [0.2, 0.25) is 0 Å². The van der Waals surface area contributed by atoms with Gasteiger partial charge in [0.05, 0.1) is 0 Å². The van der Waals surface area contributed by atoms with Crippen molar-refractivity contribution in [1.82, 2.24) is 4.90 Å². The Morgan fingerprint density at radius 1 is 1.38 bits per heavy atom. The SMILES string of the molecule is CN1CCC(CN)C2(CCCC2)C1. The van der Waals surface area contributed by atoms with E-state index >= 15 is 0 Å². The Labute approximate surface area is 81.5 Å². The maximum absolute atomic E-state index is 5.88. The number of likely N-dealkylation sites (tertiary alicyclic amines) is 1. The molecule has 1 aliphatic carbocycles. The molecular weight excluding hydrogens is 160 g/mol. The molecule has 76 valence electrons. The van der Waals surface area contributed by atoms with Gasteiger partial charge in [0.1, 0.15) is 0 Å². The van der Waals surface area contributed by atoms with E-state index in [1.54, 1.807) is 0 Å². The minimum Gasteiger partial charge on any atom is -0.330 e. The molecule has 0 radical (unpaired) electrons. The summed E-state index contributed by atoms with van der Waals surface area (Å²) in [5, 5.41) is 0. The van der Waals surface area contributed by atoms with Crippen LogP contribution in [0.3, 0.4) is 0 Å². The van der Waals surface area contributed by atoms with Crippen molar-refractivity contribution in [3.05, 3.63) is 0 Å². The van der Waals surface area contributed by atoms with Crippen LogP contribution >= 0.6 is 0 Å². The van der Waals surface area contributed by atoms with Crippen molar-refractivity contribution in [1.29, 1.82) is 0 Å². The highest BCUT2D eigenvalue weighted by Gasteiger charge is 2.43. The van der Waals surface area contributed by atoms with Gasteiger partial charge >= 0.3 is 0 Å². The zero-order chi connectivity index (χ0) is 9.31. The third kappa shape index (κ3) is 1.62. The number of hydrogen-bond donors (Lipinski definition) is 1. The fourth-order valence-electron chi connectivity index (χ4n) is 3.44. The van der Waals surface area contributed by atoms with Crippen LogP contribution in [0.25, 0.3) is 0 Å². The van der Waals surface area contributed by atoms with Crippen LogP contribution in [0.2, 0.25) is 0 Å². The molecule has 0 aromatic carbocycles. The highest BCUT2D eigenvalue weighted by atomic mass is 15.1. The van der Waals surface area contributed by atoms with Crippen molar-refractivity contribution >= 4 is 0 Å². The molecule has 2 rings (SSSR count). The van der Waals surface area contributed by atoms with E-state index in [4.69, 9.17) is 5.73 Å². The van der Waals surface area contributed by atoms with E-state index in [0.29, 0.717) is 5.41 Å². The van der Waals surface area contributed by atoms with E-state index in [0.717, 1.165) is 12.5 Å². The lowest BCUT2D eigenvalue weighted by Gasteiger charge is -2.45. The molecule has 0 amide bonds. The summed E-state index contributed by atoms with van der Waals surface area (Å²) in [7, 11) is 2.26. The van der Waals surface area contributed by atoms with Crippen LogP contribution < -0.4 is 5.73 Å². The number of hydrogen-bond acceptors (Lipinski definition) is 2. The lowest BCUT2D eigenvalue weighted by atomic mass is 9.70. The van der Waals surface area contributed by atoms with E-state index in [9.17, 15) is 0 Å². The van der Waals surface area contributed by atoms with Crippen molar-refractivity contribution in [2.45, 2.75) is 32.1 Å². The van der Waals surface area contributed by atoms with Gasteiger partial charge in [-0.15, -0.1) is 0 Å². The van der Waals surface area contributed by atoms with E-state index in [1.807, 2.05) is 0 Å². The van der Waals surface area contributed by atoms with Crippen LogP contribution in [-0.2, 0) is 0 Å². The Kier molecular flexibility index (Phi) is 2.61. The molecule has 1 unspecified atom stereocenters. The second-order valence-electron chi connectivity index (χ2n) is 5.03. The molecule has 1 heterocycles. The molecule has 2 N–H and O–H groups in total. The Morgan fingerprint density at radius 3 is 2.69 bits per heavy atom. The first kappa shape index (κ1) is 9.47. The summed E-state index contributed by atoms with van der Waals surface area (Å²) < 4.78 is 0. The molecule has 2 heteroatoms.